The number of carbonyl (C=O) groups is 1. The van der Waals surface area contributed by atoms with Crippen molar-refractivity contribution in [3.05, 3.63) is 58.7 Å². The van der Waals surface area contributed by atoms with Gasteiger partial charge in [0.2, 0.25) is 0 Å². The third kappa shape index (κ3) is 4.89. The molecule has 0 heterocycles. The monoisotopic (exact) mass is 355 g/mol. The Balaban J connectivity index is 2.31. The smallest absolute Gasteiger partial charge is 0.165 e. The van der Waals surface area contributed by atoms with Gasteiger partial charge in [-0.05, 0) is 54.5 Å². The number of rotatable bonds is 8. The summed E-state index contributed by atoms with van der Waals surface area (Å²) in [7, 11) is 3.63. The first-order valence-corrected chi connectivity index (χ1v) is 8.85. The van der Waals surface area contributed by atoms with Gasteiger partial charge in [-0.2, -0.15) is 0 Å². The van der Waals surface area contributed by atoms with E-state index in [9.17, 15) is 4.79 Å². The van der Waals surface area contributed by atoms with Crippen molar-refractivity contribution in [3.8, 4) is 5.75 Å². The van der Waals surface area contributed by atoms with Crippen LogP contribution in [0, 0.1) is 13.8 Å². The van der Waals surface area contributed by atoms with Gasteiger partial charge in [0.05, 0.1) is 12.8 Å². The van der Waals surface area contributed by atoms with E-state index in [1.165, 1.54) is 16.7 Å². The molecule has 2 aromatic carbocycles. The Morgan fingerprint density at radius 1 is 1.16 bits per heavy atom. The lowest BCUT2D eigenvalue weighted by Gasteiger charge is -2.23. The number of hydrogen-bond donors (Lipinski definition) is 0. The third-order valence-electron chi connectivity index (χ3n) is 4.40. The number of ether oxygens (including phenoxy) is 1. The zero-order chi connectivity index (χ0) is 18.4. The predicted molar refractivity (Wildman–Crippen MR) is 108 cm³/mol. The van der Waals surface area contributed by atoms with E-state index in [1.54, 1.807) is 12.5 Å². The van der Waals surface area contributed by atoms with Crippen molar-refractivity contribution < 1.29 is 9.53 Å². The third-order valence-corrected chi connectivity index (χ3v) is 4.63. The highest BCUT2D eigenvalue weighted by Crippen LogP contribution is 2.28. The first kappa shape index (κ1) is 19.1. The van der Waals surface area contributed by atoms with Crippen LogP contribution in [-0.4, -0.2) is 25.3 Å². The number of anilines is 1. The van der Waals surface area contributed by atoms with Gasteiger partial charge in [-0.15, -0.1) is 0 Å². The second kappa shape index (κ2) is 8.77. The first-order chi connectivity index (χ1) is 12.0. The van der Waals surface area contributed by atoms with Crippen LogP contribution in [0.15, 0.2) is 36.4 Å². The molecule has 0 radical (unpaired) electrons. The standard InChI is InChI=1S/C21H25NO2S/c1-15-7-8-17(12-16(15)2)14-22(3)20-13-18(24-4)9-10-19(20)21(23)6-5-11-25/h7-13H,5-6,14H2,1-4H3. The Kier molecular flexibility index (Phi) is 6.71. The van der Waals surface area contributed by atoms with Crippen LogP contribution in [0.3, 0.4) is 0 Å². The first-order valence-electron chi connectivity index (χ1n) is 8.38. The van der Waals surface area contributed by atoms with Gasteiger partial charge < -0.3 is 9.64 Å². The van der Waals surface area contributed by atoms with Crippen LogP contribution < -0.4 is 9.64 Å². The highest BCUT2D eigenvalue weighted by Gasteiger charge is 2.15. The van der Waals surface area contributed by atoms with Crippen molar-refractivity contribution in [1.82, 2.24) is 0 Å². The maximum Gasteiger partial charge on any atom is 0.165 e. The fraction of sp³-hybridized carbons (Fsp3) is 0.333. The number of Topliss-reactive ketones (excluding diaryl/α,β-unsaturated/α-hetero) is 1. The van der Waals surface area contributed by atoms with Crippen LogP contribution in [0.1, 0.15) is 39.9 Å². The Morgan fingerprint density at radius 2 is 1.92 bits per heavy atom. The molecule has 0 unspecified atom stereocenters. The molecule has 0 amide bonds. The average Bonchev–Trinajstić information content (AvgIpc) is 2.62. The lowest BCUT2D eigenvalue weighted by atomic mass is 10.0. The van der Waals surface area contributed by atoms with E-state index in [-0.39, 0.29) is 5.78 Å². The van der Waals surface area contributed by atoms with Crippen molar-refractivity contribution in [2.24, 2.45) is 0 Å². The quantitative estimate of drug-likeness (QED) is 0.497. The van der Waals surface area contributed by atoms with Crippen molar-refractivity contribution >= 4 is 29.1 Å². The predicted octanol–water partition coefficient (Wildman–Crippen LogP) is 4.91. The van der Waals surface area contributed by atoms with E-state index in [1.807, 2.05) is 25.2 Å². The van der Waals surface area contributed by atoms with Crippen molar-refractivity contribution in [2.75, 3.05) is 19.1 Å². The van der Waals surface area contributed by atoms with Crippen LogP contribution in [0.2, 0.25) is 0 Å². The minimum absolute atomic E-state index is 0.102. The van der Waals surface area contributed by atoms with Gasteiger partial charge >= 0.3 is 0 Å². The molecular weight excluding hydrogens is 330 g/mol. The molecule has 0 bridgehead atoms. The number of ketones is 1. The number of methoxy groups -OCH3 is 1. The van der Waals surface area contributed by atoms with E-state index in [2.05, 4.69) is 36.9 Å². The minimum Gasteiger partial charge on any atom is -0.497 e. The summed E-state index contributed by atoms with van der Waals surface area (Å²) in [6.45, 7) is 4.95. The highest BCUT2D eigenvalue weighted by molar-refractivity contribution is 7.78. The number of nitrogens with zero attached hydrogens (tertiary/aromatic N) is 1. The summed E-state index contributed by atoms with van der Waals surface area (Å²) in [5.41, 5.74) is 5.36. The maximum atomic E-state index is 12.5. The maximum absolute atomic E-state index is 12.5. The molecule has 0 saturated heterocycles. The number of hydrogen-bond acceptors (Lipinski definition) is 4. The Hall–Kier alpha value is -2.20. The second-order valence-corrected chi connectivity index (χ2v) is 6.62. The molecular formula is C21H25NO2S. The van der Waals surface area contributed by atoms with Gasteiger partial charge in [0.25, 0.3) is 0 Å². The lowest BCUT2D eigenvalue weighted by molar-refractivity contribution is 0.0986. The van der Waals surface area contributed by atoms with Crippen LogP contribution in [0.25, 0.3) is 0 Å². The van der Waals surface area contributed by atoms with Gasteiger partial charge in [-0.3, -0.25) is 4.79 Å². The second-order valence-electron chi connectivity index (χ2n) is 6.29. The molecule has 2 rings (SSSR count). The number of carbonyl (C=O) groups excluding carboxylic acids is 1. The summed E-state index contributed by atoms with van der Waals surface area (Å²) < 4.78 is 5.35. The molecule has 0 fully saturated rings. The molecule has 4 heteroatoms. The lowest BCUT2D eigenvalue weighted by Crippen LogP contribution is -2.19. The Labute approximate surface area is 155 Å². The van der Waals surface area contributed by atoms with E-state index in [4.69, 9.17) is 17.0 Å². The molecule has 25 heavy (non-hydrogen) atoms. The van der Waals surface area contributed by atoms with E-state index in [0.717, 1.165) is 18.0 Å². The molecule has 0 aliphatic carbocycles. The summed E-state index contributed by atoms with van der Waals surface area (Å²) >= 11 is 4.85. The van der Waals surface area contributed by atoms with Crippen LogP contribution in [-0.2, 0) is 6.54 Å². The van der Waals surface area contributed by atoms with Gasteiger partial charge in [-0.1, -0.05) is 30.4 Å². The number of aryl methyl sites for hydroxylation is 2. The molecule has 0 spiro atoms. The normalized spacial score (nSPS) is 10.4. The van der Waals surface area contributed by atoms with Crippen LogP contribution in [0.4, 0.5) is 5.69 Å². The number of benzene rings is 2. The van der Waals surface area contributed by atoms with Gasteiger partial charge in [0.15, 0.2) is 5.78 Å². The molecule has 3 nitrogen and oxygen atoms in total. The molecule has 0 atom stereocenters. The van der Waals surface area contributed by atoms with Crippen LogP contribution in [0.5, 0.6) is 5.75 Å². The molecule has 2 aromatic rings. The molecule has 0 N–H and O–H groups in total. The van der Waals surface area contributed by atoms with Crippen molar-refractivity contribution in [1.29, 1.82) is 0 Å². The molecule has 0 aromatic heterocycles. The fourth-order valence-corrected chi connectivity index (χ4v) is 2.89. The van der Waals surface area contributed by atoms with E-state index >= 15 is 0 Å². The molecule has 0 aliphatic rings. The van der Waals surface area contributed by atoms with E-state index < -0.39 is 0 Å². The molecule has 132 valence electrons. The van der Waals surface area contributed by atoms with Gasteiger partial charge in [-0.25, -0.2) is 0 Å². The SMILES string of the molecule is COc1ccc(C(=O)CCC=S)c(N(C)Cc2ccc(C)c(C)c2)c1. The Bertz CT molecular complexity index is 770. The molecule has 0 saturated carbocycles. The minimum atomic E-state index is 0.102. The van der Waals surface area contributed by atoms with Crippen molar-refractivity contribution in [3.63, 3.8) is 0 Å². The molecule has 0 aliphatic heterocycles. The Morgan fingerprint density at radius 3 is 2.56 bits per heavy atom. The van der Waals surface area contributed by atoms with Gasteiger partial charge in [0, 0.05) is 31.6 Å². The van der Waals surface area contributed by atoms with Gasteiger partial charge in [0.1, 0.15) is 5.75 Å². The summed E-state index contributed by atoms with van der Waals surface area (Å²) in [5, 5.41) is 1.61. The van der Waals surface area contributed by atoms with Crippen molar-refractivity contribution in [2.45, 2.75) is 33.2 Å². The fourth-order valence-electron chi connectivity index (χ4n) is 2.78. The summed E-state index contributed by atoms with van der Waals surface area (Å²) in [6.07, 6.45) is 1.04. The topological polar surface area (TPSA) is 29.5 Å². The zero-order valence-corrected chi connectivity index (χ0v) is 16.2. The largest absolute Gasteiger partial charge is 0.497 e. The summed E-state index contributed by atoms with van der Waals surface area (Å²) in [6, 6.07) is 12.1. The van der Waals surface area contributed by atoms with E-state index in [0.29, 0.717) is 18.4 Å². The zero-order valence-electron chi connectivity index (χ0n) is 15.3. The summed E-state index contributed by atoms with van der Waals surface area (Å²) in [4.78, 5) is 14.6. The number of thiocarbonyl (C=S) groups is 1. The highest BCUT2D eigenvalue weighted by atomic mass is 32.1. The van der Waals surface area contributed by atoms with Crippen LogP contribution >= 0.6 is 12.2 Å². The summed E-state index contributed by atoms with van der Waals surface area (Å²) in [5.74, 6) is 0.846. The average molecular weight is 356 g/mol.